The zero-order chi connectivity index (χ0) is 12.6. The van der Waals surface area contributed by atoms with Gasteiger partial charge in [0.05, 0.1) is 39.6 Å². The van der Waals surface area contributed by atoms with Gasteiger partial charge in [0.25, 0.3) is 0 Å². The molecule has 0 aromatic rings. The summed E-state index contributed by atoms with van der Waals surface area (Å²) in [5.41, 5.74) is 0. The smallest absolute Gasteiger partial charge is 0.107 e. The zero-order valence-corrected chi connectivity index (χ0v) is 10.8. The van der Waals surface area contributed by atoms with E-state index in [-0.39, 0.29) is 0 Å². The molecule has 0 fully saturated rings. The minimum absolute atomic E-state index is 0.342. The lowest BCUT2D eigenvalue weighted by atomic mass is 10.4. The van der Waals surface area contributed by atoms with Crippen LogP contribution in [0.15, 0.2) is 0 Å². The molecule has 0 aliphatic heterocycles. The van der Waals surface area contributed by atoms with Gasteiger partial charge in [-0.2, -0.15) is 0 Å². The van der Waals surface area contributed by atoms with Crippen molar-refractivity contribution in [1.29, 1.82) is 0 Å². The lowest BCUT2D eigenvalue weighted by Gasteiger charge is -2.06. The SMILES string of the molecule is C#CCOCCOCCOCCOCCCC. The Bertz CT molecular complexity index is 177. The van der Waals surface area contributed by atoms with Gasteiger partial charge in [-0.05, 0) is 6.42 Å². The van der Waals surface area contributed by atoms with Gasteiger partial charge in [-0.3, -0.25) is 0 Å². The molecule has 0 rings (SSSR count). The third kappa shape index (κ3) is 15.4. The van der Waals surface area contributed by atoms with Gasteiger partial charge < -0.3 is 18.9 Å². The molecule has 4 heteroatoms. The van der Waals surface area contributed by atoms with Crippen LogP contribution in [0.1, 0.15) is 19.8 Å². The molecule has 0 spiro atoms. The third-order valence-corrected chi connectivity index (χ3v) is 1.94. The summed E-state index contributed by atoms with van der Waals surface area (Å²) in [5, 5.41) is 0. The molecular formula is C13H24O4. The van der Waals surface area contributed by atoms with Gasteiger partial charge in [-0.15, -0.1) is 6.42 Å². The van der Waals surface area contributed by atoms with Gasteiger partial charge in [0.1, 0.15) is 6.61 Å². The monoisotopic (exact) mass is 244 g/mol. The summed E-state index contributed by atoms with van der Waals surface area (Å²) in [7, 11) is 0. The molecule has 0 radical (unpaired) electrons. The van der Waals surface area contributed by atoms with Crippen molar-refractivity contribution in [1.82, 2.24) is 0 Å². The van der Waals surface area contributed by atoms with E-state index < -0.39 is 0 Å². The number of terminal acetylenes is 1. The number of unbranched alkanes of at least 4 members (excludes halogenated alkanes) is 1. The highest BCUT2D eigenvalue weighted by Crippen LogP contribution is 1.88. The van der Waals surface area contributed by atoms with Gasteiger partial charge >= 0.3 is 0 Å². The van der Waals surface area contributed by atoms with Crippen LogP contribution in [0.3, 0.4) is 0 Å². The van der Waals surface area contributed by atoms with Crippen LogP contribution < -0.4 is 0 Å². The molecule has 4 nitrogen and oxygen atoms in total. The third-order valence-electron chi connectivity index (χ3n) is 1.94. The number of ether oxygens (including phenoxy) is 4. The van der Waals surface area contributed by atoms with Crippen molar-refractivity contribution in [2.75, 3.05) is 52.9 Å². The van der Waals surface area contributed by atoms with Crippen molar-refractivity contribution < 1.29 is 18.9 Å². The molecular weight excluding hydrogens is 220 g/mol. The minimum Gasteiger partial charge on any atom is -0.379 e. The maximum atomic E-state index is 5.34. The molecule has 17 heavy (non-hydrogen) atoms. The molecule has 100 valence electrons. The highest BCUT2D eigenvalue weighted by Gasteiger charge is 1.91. The van der Waals surface area contributed by atoms with Crippen LogP contribution >= 0.6 is 0 Å². The van der Waals surface area contributed by atoms with Gasteiger partial charge in [-0.25, -0.2) is 0 Å². The fraction of sp³-hybridized carbons (Fsp3) is 0.846. The molecule has 0 unspecified atom stereocenters. The maximum absolute atomic E-state index is 5.34. The normalized spacial score (nSPS) is 10.4. The molecule has 0 bridgehead atoms. The number of hydrogen-bond acceptors (Lipinski definition) is 4. The molecule has 0 saturated carbocycles. The highest BCUT2D eigenvalue weighted by molar-refractivity contribution is 4.82. The summed E-state index contributed by atoms with van der Waals surface area (Å²) in [4.78, 5) is 0. The average molecular weight is 244 g/mol. The second kappa shape index (κ2) is 15.4. The van der Waals surface area contributed by atoms with Crippen LogP contribution in [0.2, 0.25) is 0 Å². The van der Waals surface area contributed by atoms with Crippen LogP contribution in [0.4, 0.5) is 0 Å². The summed E-state index contributed by atoms with van der Waals surface area (Å²) >= 11 is 0. The lowest BCUT2D eigenvalue weighted by molar-refractivity contribution is 0.00104. The number of hydrogen-bond donors (Lipinski definition) is 0. The second-order valence-corrected chi connectivity index (χ2v) is 3.45. The molecule has 0 amide bonds. The largest absolute Gasteiger partial charge is 0.379 e. The van der Waals surface area contributed by atoms with Crippen molar-refractivity contribution >= 4 is 0 Å². The van der Waals surface area contributed by atoms with Crippen molar-refractivity contribution in [3.8, 4) is 12.3 Å². The van der Waals surface area contributed by atoms with Crippen LogP contribution in [0.5, 0.6) is 0 Å². The predicted molar refractivity (Wildman–Crippen MR) is 67.0 cm³/mol. The summed E-state index contributed by atoms with van der Waals surface area (Å²) in [6.45, 7) is 6.84. The Morgan fingerprint density at radius 1 is 0.765 bits per heavy atom. The Morgan fingerprint density at radius 3 is 1.71 bits per heavy atom. The fourth-order valence-electron chi connectivity index (χ4n) is 1.04. The van der Waals surface area contributed by atoms with E-state index >= 15 is 0 Å². The quantitative estimate of drug-likeness (QED) is 0.363. The van der Waals surface area contributed by atoms with E-state index in [2.05, 4.69) is 12.8 Å². The highest BCUT2D eigenvalue weighted by atomic mass is 16.6. The van der Waals surface area contributed by atoms with Gasteiger partial charge in [0.15, 0.2) is 0 Å². The summed E-state index contributed by atoms with van der Waals surface area (Å²) < 4.78 is 21.0. The van der Waals surface area contributed by atoms with Gasteiger partial charge in [-0.1, -0.05) is 19.3 Å². The first kappa shape index (κ1) is 16.4. The molecule has 0 N–H and O–H groups in total. The molecule has 0 aliphatic carbocycles. The minimum atomic E-state index is 0.342. The molecule has 0 atom stereocenters. The average Bonchev–Trinajstić information content (AvgIpc) is 2.35. The van der Waals surface area contributed by atoms with Crippen molar-refractivity contribution in [2.45, 2.75) is 19.8 Å². The topological polar surface area (TPSA) is 36.9 Å². The Balaban J connectivity index is 2.87. The standard InChI is InChI=1S/C13H24O4/c1-3-5-7-15-9-11-17-13-12-16-10-8-14-6-4-2/h2H,3,5-13H2,1H3. The number of rotatable bonds is 13. The first-order valence-electron chi connectivity index (χ1n) is 6.16. The Morgan fingerprint density at radius 2 is 1.24 bits per heavy atom. The molecule has 0 aliphatic rings. The van der Waals surface area contributed by atoms with Crippen LogP contribution in [0, 0.1) is 12.3 Å². The Hall–Kier alpha value is -0.600. The molecule has 0 aromatic carbocycles. The van der Waals surface area contributed by atoms with E-state index in [1.165, 1.54) is 0 Å². The molecule has 0 aromatic heterocycles. The lowest BCUT2D eigenvalue weighted by Crippen LogP contribution is -2.12. The van der Waals surface area contributed by atoms with Gasteiger partial charge in [0, 0.05) is 6.61 Å². The maximum Gasteiger partial charge on any atom is 0.107 e. The first-order chi connectivity index (χ1) is 8.41. The Labute approximate surface area is 105 Å². The van der Waals surface area contributed by atoms with E-state index in [0.717, 1.165) is 19.4 Å². The van der Waals surface area contributed by atoms with E-state index in [1.54, 1.807) is 0 Å². The van der Waals surface area contributed by atoms with Crippen molar-refractivity contribution in [2.24, 2.45) is 0 Å². The van der Waals surface area contributed by atoms with E-state index in [0.29, 0.717) is 46.2 Å². The van der Waals surface area contributed by atoms with E-state index in [9.17, 15) is 0 Å². The Kier molecular flexibility index (Phi) is 14.9. The van der Waals surface area contributed by atoms with Crippen molar-refractivity contribution in [3.63, 3.8) is 0 Å². The zero-order valence-electron chi connectivity index (χ0n) is 10.8. The van der Waals surface area contributed by atoms with Crippen molar-refractivity contribution in [3.05, 3.63) is 0 Å². The molecule has 0 heterocycles. The summed E-state index contributed by atoms with van der Waals surface area (Å²) in [5.74, 6) is 2.39. The van der Waals surface area contributed by atoms with E-state index in [4.69, 9.17) is 25.4 Å². The predicted octanol–water partition coefficient (Wildman–Crippen LogP) is 1.49. The van der Waals surface area contributed by atoms with Gasteiger partial charge in [0.2, 0.25) is 0 Å². The fourth-order valence-corrected chi connectivity index (χ4v) is 1.04. The van der Waals surface area contributed by atoms with Crippen LogP contribution in [-0.2, 0) is 18.9 Å². The molecule has 0 saturated heterocycles. The van der Waals surface area contributed by atoms with Crippen LogP contribution in [-0.4, -0.2) is 52.9 Å². The summed E-state index contributed by atoms with van der Waals surface area (Å²) in [6.07, 6.45) is 7.30. The summed E-state index contributed by atoms with van der Waals surface area (Å²) in [6, 6.07) is 0. The van der Waals surface area contributed by atoms with E-state index in [1.807, 2.05) is 0 Å². The van der Waals surface area contributed by atoms with Crippen LogP contribution in [0.25, 0.3) is 0 Å². The first-order valence-corrected chi connectivity index (χ1v) is 6.16. The second-order valence-electron chi connectivity index (χ2n) is 3.45.